The fraction of sp³-hybridized carbons (Fsp3) is 0.250. The maximum absolute atomic E-state index is 6.31. The number of fused-ring (bicyclic) bond motifs is 1. The van der Waals surface area contributed by atoms with E-state index in [1.807, 2.05) is 33.0 Å². The second kappa shape index (κ2) is 10.6. The van der Waals surface area contributed by atoms with Gasteiger partial charge in [-0.3, -0.25) is 4.34 Å². The van der Waals surface area contributed by atoms with Gasteiger partial charge in [0.05, 0.1) is 17.7 Å². The van der Waals surface area contributed by atoms with Crippen LogP contribution in [-0.2, 0) is 0 Å². The molecule has 0 aliphatic carbocycles. The molecule has 3 aromatic heterocycles. The van der Waals surface area contributed by atoms with Crippen LogP contribution in [0.25, 0.3) is 21.7 Å². The van der Waals surface area contributed by atoms with Crippen LogP contribution in [0, 0.1) is 13.8 Å². The molecule has 158 valence electrons. The predicted octanol–water partition coefficient (Wildman–Crippen LogP) is 8.11. The van der Waals surface area contributed by atoms with Gasteiger partial charge in [-0.25, -0.2) is 15.0 Å². The number of aromatic nitrogens is 4. The fourth-order valence-corrected chi connectivity index (χ4v) is 6.56. The van der Waals surface area contributed by atoms with Crippen molar-refractivity contribution in [3.05, 3.63) is 46.3 Å². The molecule has 0 saturated heterocycles. The van der Waals surface area contributed by atoms with Crippen LogP contribution < -0.4 is 5.32 Å². The molecule has 0 fully saturated rings. The Labute approximate surface area is 204 Å². The molecular weight excluding hydrogens is 568 g/mol. The van der Waals surface area contributed by atoms with Crippen molar-refractivity contribution in [1.29, 1.82) is 0 Å². The molecule has 4 aromatic rings. The topological polar surface area (TPSA) is 55.6 Å². The number of thioether (sulfide) groups is 1. The Bertz CT molecular complexity index is 1180. The number of rotatable bonds is 5. The van der Waals surface area contributed by atoms with E-state index in [9.17, 15) is 0 Å². The minimum atomic E-state index is 0.450. The first-order chi connectivity index (χ1) is 14.5. The summed E-state index contributed by atoms with van der Waals surface area (Å²) < 4.78 is 2.08. The van der Waals surface area contributed by atoms with Crippen molar-refractivity contribution in [2.75, 3.05) is 11.6 Å². The standard InChI is InChI=1S/C18H16ClIN5PS2.C2H6/c1-9-8-21-18(28-9)11-4-5-12(14(6-11)27-3)23-13-7-15(19)24-17-16(13)22-10(2)25(17)26-20;1-2/h4-8,26H,1-3H3,(H,23,24);1-2H3. The lowest BCUT2D eigenvalue weighted by atomic mass is 10.2. The zero-order chi connectivity index (χ0) is 21.8. The number of anilines is 2. The Morgan fingerprint density at radius 3 is 2.57 bits per heavy atom. The number of hydrogen-bond donors (Lipinski definition) is 1. The van der Waals surface area contributed by atoms with Gasteiger partial charge < -0.3 is 5.32 Å². The van der Waals surface area contributed by atoms with Crippen LogP contribution in [0.4, 0.5) is 11.4 Å². The Hall–Kier alpha value is -0.930. The summed E-state index contributed by atoms with van der Waals surface area (Å²) in [6, 6.07) is 8.18. The molecule has 10 heteroatoms. The highest BCUT2D eigenvalue weighted by molar-refractivity contribution is 14.2. The van der Waals surface area contributed by atoms with E-state index in [4.69, 9.17) is 16.6 Å². The molecule has 5 nitrogen and oxygen atoms in total. The quantitative estimate of drug-likeness (QED) is 0.110. The van der Waals surface area contributed by atoms with Crippen LogP contribution in [0.3, 0.4) is 0 Å². The summed E-state index contributed by atoms with van der Waals surface area (Å²) in [6.45, 7) is 8.06. The lowest BCUT2D eigenvalue weighted by molar-refractivity contribution is 1.10. The number of hydrogen-bond acceptors (Lipinski definition) is 6. The van der Waals surface area contributed by atoms with Gasteiger partial charge in [-0.2, -0.15) is 0 Å². The van der Waals surface area contributed by atoms with E-state index in [0.29, 0.717) is 11.5 Å². The van der Waals surface area contributed by atoms with Crippen LogP contribution in [0.5, 0.6) is 0 Å². The number of halogens is 2. The molecular formula is C20H22ClIN5PS2. The molecule has 3 heterocycles. The highest BCUT2D eigenvalue weighted by Gasteiger charge is 2.15. The van der Waals surface area contributed by atoms with Crippen molar-refractivity contribution < 1.29 is 0 Å². The lowest BCUT2D eigenvalue weighted by Gasteiger charge is -2.13. The summed E-state index contributed by atoms with van der Waals surface area (Å²) in [5.74, 6) is 0.931. The molecule has 0 radical (unpaired) electrons. The number of nitrogens with one attached hydrogen (secondary N) is 1. The lowest BCUT2D eigenvalue weighted by Crippen LogP contribution is -1.96. The zero-order valence-corrected chi connectivity index (χ0v) is 22.8. The van der Waals surface area contributed by atoms with E-state index in [2.05, 4.69) is 73.0 Å². The summed E-state index contributed by atoms with van der Waals surface area (Å²) in [6.07, 6.45) is 4.50. The Balaban J connectivity index is 0.00000124. The smallest absolute Gasteiger partial charge is 0.167 e. The van der Waals surface area contributed by atoms with Gasteiger partial charge in [0.25, 0.3) is 0 Å². The maximum Gasteiger partial charge on any atom is 0.167 e. The third-order valence-corrected chi connectivity index (χ3v) is 8.26. The van der Waals surface area contributed by atoms with Crippen molar-refractivity contribution in [1.82, 2.24) is 19.3 Å². The van der Waals surface area contributed by atoms with Crippen LogP contribution in [0.15, 0.2) is 35.4 Å². The Morgan fingerprint density at radius 2 is 1.93 bits per heavy atom. The second-order valence-corrected chi connectivity index (χ2v) is 10.6. The molecule has 1 aromatic carbocycles. The molecule has 0 aliphatic rings. The van der Waals surface area contributed by atoms with Gasteiger partial charge in [-0.1, -0.05) is 25.4 Å². The average Bonchev–Trinajstić information content (AvgIpc) is 3.32. The predicted molar refractivity (Wildman–Crippen MR) is 144 cm³/mol. The molecule has 1 N–H and O–H groups in total. The van der Waals surface area contributed by atoms with Crippen molar-refractivity contribution in [2.24, 2.45) is 0 Å². The van der Waals surface area contributed by atoms with E-state index in [-0.39, 0.29) is 0 Å². The molecule has 0 amide bonds. The first kappa shape index (κ1) is 23.7. The number of thiazole rings is 1. The Kier molecular flexibility index (Phi) is 8.38. The van der Waals surface area contributed by atoms with Gasteiger partial charge in [0, 0.05) is 27.6 Å². The van der Waals surface area contributed by atoms with Crippen molar-refractivity contribution in [2.45, 2.75) is 32.6 Å². The van der Waals surface area contributed by atoms with Crippen LogP contribution in [-0.4, -0.2) is 25.5 Å². The first-order valence-electron chi connectivity index (χ1n) is 9.30. The second-order valence-electron chi connectivity index (χ2n) is 6.06. The number of imidazole rings is 1. The third kappa shape index (κ3) is 4.93. The minimum Gasteiger partial charge on any atom is -0.353 e. The number of aryl methyl sites for hydroxylation is 2. The highest BCUT2D eigenvalue weighted by Crippen LogP contribution is 2.38. The van der Waals surface area contributed by atoms with Gasteiger partial charge in [0.1, 0.15) is 21.5 Å². The summed E-state index contributed by atoms with van der Waals surface area (Å²) in [5.41, 5.74) is 4.63. The van der Waals surface area contributed by atoms with E-state index in [1.165, 1.54) is 4.88 Å². The van der Waals surface area contributed by atoms with Gasteiger partial charge in [0.2, 0.25) is 0 Å². The van der Waals surface area contributed by atoms with E-state index >= 15 is 0 Å². The van der Waals surface area contributed by atoms with E-state index in [1.54, 1.807) is 23.1 Å². The number of nitrogens with zero attached hydrogens (tertiary/aromatic N) is 4. The van der Waals surface area contributed by atoms with Crippen molar-refractivity contribution in [3.63, 3.8) is 0 Å². The van der Waals surface area contributed by atoms with Crippen LogP contribution >= 0.6 is 63.1 Å². The van der Waals surface area contributed by atoms with Crippen LogP contribution in [0.1, 0.15) is 24.5 Å². The summed E-state index contributed by atoms with van der Waals surface area (Å²) in [5, 5.41) is 5.00. The zero-order valence-electron chi connectivity index (χ0n) is 17.2. The normalized spacial score (nSPS) is 11.2. The monoisotopic (exact) mass is 589 g/mol. The minimum absolute atomic E-state index is 0.450. The molecule has 1 atom stereocenters. The third-order valence-electron chi connectivity index (χ3n) is 4.18. The average molecular weight is 590 g/mol. The maximum atomic E-state index is 6.31. The van der Waals surface area contributed by atoms with Crippen molar-refractivity contribution in [3.8, 4) is 10.6 Å². The van der Waals surface area contributed by atoms with Gasteiger partial charge >= 0.3 is 0 Å². The molecule has 0 spiro atoms. The van der Waals surface area contributed by atoms with E-state index in [0.717, 1.165) is 43.8 Å². The van der Waals surface area contributed by atoms with E-state index < -0.39 is 0 Å². The molecule has 1 unspecified atom stereocenters. The van der Waals surface area contributed by atoms with Crippen molar-refractivity contribution >= 4 is 85.7 Å². The summed E-state index contributed by atoms with van der Waals surface area (Å²) in [7, 11) is 0. The molecule has 0 aliphatic heterocycles. The molecule has 4 rings (SSSR count). The largest absolute Gasteiger partial charge is 0.353 e. The Morgan fingerprint density at radius 1 is 1.17 bits per heavy atom. The SMILES string of the molecule is CC.CSc1cc(-c2ncc(C)s2)ccc1Nc1cc(Cl)nc2c1nc(C)n2PI. The summed E-state index contributed by atoms with van der Waals surface area (Å²) >= 11 is 12.0. The fourth-order valence-electron chi connectivity index (χ4n) is 2.88. The van der Waals surface area contributed by atoms with Crippen LogP contribution in [0.2, 0.25) is 5.15 Å². The molecule has 0 bridgehead atoms. The van der Waals surface area contributed by atoms with Gasteiger partial charge in [-0.05, 0) is 60.3 Å². The number of benzene rings is 1. The molecule has 30 heavy (non-hydrogen) atoms. The van der Waals surface area contributed by atoms with Gasteiger partial charge in [-0.15, -0.1) is 23.1 Å². The van der Waals surface area contributed by atoms with Gasteiger partial charge in [0.15, 0.2) is 5.65 Å². The number of pyridine rings is 1. The highest BCUT2D eigenvalue weighted by atomic mass is 127. The first-order valence-corrected chi connectivity index (χ1v) is 15.8. The molecule has 0 saturated carbocycles. The summed E-state index contributed by atoms with van der Waals surface area (Å²) in [4.78, 5) is 16.0.